The van der Waals surface area contributed by atoms with Gasteiger partial charge in [0.1, 0.15) is 0 Å². The minimum atomic E-state index is -0.0949. The van der Waals surface area contributed by atoms with E-state index in [0.29, 0.717) is 0 Å². The van der Waals surface area contributed by atoms with Crippen LogP contribution >= 0.6 is 0 Å². The molecule has 0 atom stereocenters. The third-order valence-electron chi connectivity index (χ3n) is 0.766. The first-order chi connectivity index (χ1) is 3.34. The molecular formula is C4H5NO2. The Morgan fingerprint density at radius 1 is 1.86 bits per heavy atom. The highest BCUT2D eigenvalue weighted by Gasteiger charge is 2.13. The van der Waals surface area contributed by atoms with E-state index in [2.05, 4.69) is 4.84 Å². The summed E-state index contributed by atoms with van der Waals surface area (Å²) < 4.78 is 0. The Bertz CT molecular complexity index is 119. The summed E-state index contributed by atoms with van der Waals surface area (Å²) in [6.07, 6.45) is 2.99. The Labute approximate surface area is 41.1 Å². The number of rotatable bonds is 1. The molecule has 7 heavy (non-hydrogen) atoms. The molecule has 0 aromatic carbocycles. The fourth-order valence-corrected chi connectivity index (χ4v) is 0.347. The summed E-state index contributed by atoms with van der Waals surface area (Å²) in [5.74, 6) is -0.0949. The third-order valence-corrected chi connectivity index (χ3v) is 0.766. The van der Waals surface area contributed by atoms with Gasteiger partial charge in [0, 0.05) is 12.3 Å². The van der Waals surface area contributed by atoms with E-state index in [-0.39, 0.29) is 5.91 Å². The minimum absolute atomic E-state index is 0.0949. The van der Waals surface area contributed by atoms with Crippen molar-refractivity contribution in [3.63, 3.8) is 0 Å². The molecule has 1 heterocycles. The standard InChI is InChI=1S/C4H5NO2/c1-7-5-3-2-4(5)6/h2-3H,1H3. The number of amides is 1. The van der Waals surface area contributed by atoms with Crippen LogP contribution in [0.5, 0.6) is 0 Å². The van der Waals surface area contributed by atoms with Gasteiger partial charge in [-0.2, -0.15) is 5.06 Å². The van der Waals surface area contributed by atoms with Gasteiger partial charge in [-0.1, -0.05) is 0 Å². The molecule has 0 N–H and O–H groups in total. The van der Waals surface area contributed by atoms with Crippen molar-refractivity contribution in [1.82, 2.24) is 5.06 Å². The number of nitrogens with zero attached hydrogens (tertiary/aromatic N) is 1. The first kappa shape index (κ1) is 4.33. The van der Waals surface area contributed by atoms with Gasteiger partial charge in [-0.15, -0.1) is 0 Å². The van der Waals surface area contributed by atoms with Gasteiger partial charge in [0.25, 0.3) is 5.91 Å². The quantitative estimate of drug-likeness (QED) is 0.459. The highest BCUT2D eigenvalue weighted by molar-refractivity contribution is 5.92. The van der Waals surface area contributed by atoms with Crippen molar-refractivity contribution in [3.8, 4) is 0 Å². The number of hydroxylamine groups is 2. The van der Waals surface area contributed by atoms with Crippen LogP contribution in [0.15, 0.2) is 12.3 Å². The second kappa shape index (κ2) is 1.35. The van der Waals surface area contributed by atoms with Crippen LogP contribution in [0.25, 0.3) is 0 Å². The fraction of sp³-hybridized carbons (Fsp3) is 0.250. The van der Waals surface area contributed by atoms with Gasteiger partial charge in [0.15, 0.2) is 0 Å². The van der Waals surface area contributed by atoms with Crippen LogP contribution in [-0.2, 0) is 9.63 Å². The molecule has 0 saturated heterocycles. The predicted octanol–water partition coefficient (Wildman–Crippen LogP) is -0.0963. The molecule has 3 nitrogen and oxygen atoms in total. The van der Waals surface area contributed by atoms with Gasteiger partial charge < -0.3 is 0 Å². The monoisotopic (exact) mass is 99.0 g/mol. The molecule has 38 valence electrons. The van der Waals surface area contributed by atoms with E-state index in [9.17, 15) is 4.79 Å². The molecule has 0 radical (unpaired) electrons. The molecule has 0 aromatic rings. The summed E-state index contributed by atoms with van der Waals surface area (Å²) in [5.41, 5.74) is 0. The van der Waals surface area contributed by atoms with E-state index in [1.165, 1.54) is 13.2 Å². The van der Waals surface area contributed by atoms with E-state index in [4.69, 9.17) is 0 Å². The van der Waals surface area contributed by atoms with E-state index < -0.39 is 0 Å². The van der Waals surface area contributed by atoms with Crippen LogP contribution in [0.1, 0.15) is 0 Å². The zero-order valence-corrected chi connectivity index (χ0v) is 3.92. The molecule has 0 fully saturated rings. The SMILES string of the molecule is CON1C=CC1=O. The smallest absolute Gasteiger partial charge is 0.270 e. The molecule has 0 aromatic heterocycles. The van der Waals surface area contributed by atoms with Gasteiger partial charge in [-0.05, 0) is 0 Å². The van der Waals surface area contributed by atoms with Crippen molar-refractivity contribution in [3.05, 3.63) is 12.3 Å². The van der Waals surface area contributed by atoms with Gasteiger partial charge in [-0.25, -0.2) is 0 Å². The molecule has 1 rings (SSSR count). The molecule has 0 saturated carbocycles. The maximum absolute atomic E-state index is 10.2. The van der Waals surface area contributed by atoms with Crippen molar-refractivity contribution < 1.29 is 9.63 Å². The van der Waals surface area contributed by atoms with E-state index in [0.717, 1.165) is 5.06 Å². The van der Waals surface area contributed by atoms with Crippen molar-refractivity contribution >= 4 is 5.91 Å². The Kier molecular flexibility index (Phi) is 0.834. The average Bonchev–Trinajstić information content (AvgIpc) is 1.65. The van der Waals surface area contributed by atoms with Gasteiger partial charge in [0.05, 0.1) is 7.11 Å². The Morgan fingerprint density at radius 3 is 2.57 bits per heavy atom. The molecule has 0 spiro atoms. The normalized spacial score (nSPS) is 17.3. The lowest BCUT2D eigenvalue weighted by Gasteiger charge is -2.18. The molecule has 1 aliphatic rings. The van der Waals surface area contributed by atoms with Crippen LogP contribution in [0.2, 0.25) is 0 Å². The van der Waals surface area contributed by atoms with Crippen LogP contribution in [0.3, 0.4) is 0 Å². The third kappa shape index (κ3) is 0.502. The maximum atomic E-state index is 10.2. The van der Waals surface area contributed by atoms with E-state index >= 15 is 0 Å². The Balaban J connectivity index is 2.49. The average molecular weight is 99.1 g/mol. The lowest BCUT2D eigenvalue weighted by molar-refractivity contribution is -0.162. The zero-order chi connectivity index (χ0) is 5.28. The molecule has 0 aliphatic carbocycles. The van der Waals surface area contributed by atoms with Crippen LogP contribution in [0, 0.1) is 0 Å². The number of hydrogen-bond acceptors (Lipinski definition) is 2. The largest absolute Gasteiger partial charge is 0.275 e. The van der Waals surface area contributed by atoms with E-state index in [1.54, 1.807) is 6.20 Å². The number of carbonyl (C=O) groups is 1. The van der Waals surface area contributed by atoms with Crippen molar-refractivity contribution in [1.29, 1.82) is 0 Å². The van der Waals surface area contributed by atoms with Gasteiger partial charge in [-0.3, -0.25) is 9.63 Å². The highest BCUT2D eigenvalue weighted by Crippen LogP contribution is 2.01. The predicted molar refractivity (Wildman–Crippen MR) is 23.0 cm³/mol. The topological polar surface area (TPSA) is 29.5 Å². The zero-order valence-electron chi connectivity index (χ0n) is 3.92. The first-order valence-electron chi connectivity index (χ1n) is 1.90. The summed E-state index contributed by atoms with van der Waals surface area (Å²) in [7, 11) is 1.45. The second-order valence-corrected chi connectivity index (χ2v) is 1.16. The minimum Gasteiger partial charge on any atom is -0.270 e. The molecule has 0 bridgehead atoms. The lowest BCUT2D eigenvalue weighted by atomic mass is 10.4. The Hall–Kier alpha value is -0.830. The second-order valence-electron chi connectivity index (χ2n) is 1.16. The Morgan fingerprint density at radius 2 is 2.57 bits per heavy atom. The van der Waals surface area contributed by atoms with Crippen molar-refractivity contribution in [2.75, 3.05) is 7.11 Å². The molecular weight excluding hydrogens is 94.0 g/mol. The summed E-state index contributed by atoms with van der Waals surface area (Å²) in [6, 6.07) is 0. The number of carbonyl (C=O) groups excluding carboxylic acids is 1. The van der Waals surface area contributed by atoms with Crippen molar-refractivity contribution in [2.24, 2.45) is 0 Å². The lowest BCUT2D eigenvalue weighted by Crippen LogP contribution is -2.29. The first-order valence-corrected chi connectivity index (χ1v) is 1.90. The summed E-state index contributed by atoms with van der Waals surface area (Å²) in [5, 5.41) is 1.15. The van der Waals surface area contributed by atoms with Gasteiger partial charge >= 0.3 is 0 Å². The fourth-order valence-electron chi connectivity index (χ4n) is 0.347. The van der Waals surface area contributed by atoms with Crippen LogP contribution in [0.4, 0.5) is 0 Å². The molecule has 3 heteroatoms. The van der Waals surface area contributed by atoms with Gasteiger partial charge in [0.2, 0.25) is 0 Å². The molecule has 0 unspecified atom stereocenters. The van der Waals surface area contributed by atoms with Crippen LogP contribution in [-0.4, -0.2) is 18.1 Å². The van der Waals surface area contributed by atoms with Crippen molar-refractivity contribution in [2.45, 2.75) is 0 Å². The molecule has 1 aliphatic heterocycles. The maximum Gasteiger partial charge on any atom is 0.275 e. The highest BCUT2D eigenvalue weighted by atomic mass is 16.7. The summed E-state index contributed by atoms with van der Waals surface area (Å²) >= 11 is 0. The van der Waals surface area contributed by atoms with E-state index in [1.807, 2.05) is 0 Å². The van der Waals surface area contributed by atoms with Crippen LogP contribution < -0.4 is 0 Å². The summed E-state index contributed by atoms with van der Waals surface area (Å²) in [4.78, 5) is 14.7. The molecule has 1 amide bonds. The summed E-state index contributed by atoms with van der Waals surface area (Å²) in [6.45, 7) is 0. The number of hydrogen-bond donors (Lipinski definition) is 0.